The SMILES string of the molecule is CCOc1ccc(C2=NN3C(C2)c2cc(Cl)ccc2OC3c2ccccc2Cl)cc1. The van der Waals surface area contributed by atoms with Gasteiger partial charge < -0.3 is 9.47 Å². The van der Waals surface area contributed by atoms with E-state index in [1.807, 2.05) is 78.7 Å². The minimum atomic E-state index is -0.405. The number of fused-ring (bicyclic) bond motifs is 3. The predicted octanol–water partition coefficient (Wildman–Crippen LogP) is 6.63. The Morgan fingerprint density at radius 2 is 1.83 bits per heavy atom. The fraction of sp³-hybridized carbons (Fsp3) is 0.208. The molecule has 5 rings (SSSR count). The minimum absolute atomic E-state index is 0.0234. The van der Waals surface area contributed by atoms with E-state index in [-0.39, 0.29) is 6.04 Å². The van der Waals surface area contributed by atoms with Gasteiger partial charge in [0.1, 0.15) is 11.5 Å². The lowest BCUT2D eigenvalue weighted by atomic mass is 9.96. The molecule has 3 aromatic rings. The smallest absolute Gasteiger partial charge is 0.215 e. The van der Waals surface area contributed by atoms with Gasteiger partial charge >= 0.3 is 0 Å². The van der Waals surface area contributed by atoms with Gasteiger partial charge in [-0.25, -0.2) is 5.01 Å². The lowest BCUT2D eigenvalue weighted by Crippen LogP contribution is -2.33. The lowest BCUT2D eigenvalue weighted by molar-refractivity contribution is -0.0189. The predicted molar refractivity (Wildman–Crippen MR) is 120 cm³/mol. The van der Waals surface area contributed by atoms with Crippen molar-refractivity contribution in [2.45, 2.75) is 25.6 Å². The molecule has 0 fully saturated rings. The van der Waals surface area contributed by atoms with E-state index in [1.165, 1.54) is 0 Å². The summed E-state index contributed by atoms with van der Waals surface area (Å²) in [4.78, 5) is 0. The Hall–Kier alpha value is -2.69. The number of nitrogens with zero attached hydrogens (tertiary/aromatic N) is 2. The number of halogens is 2. The summed E-state index contributed by atoms with van der Waals surface area (Å²) in [6.45, 7) is 2.62. The molecule has 2 atom stereocenters. The number of hydrazone groups is 1. The Labute approximate surface area is 185 Å². The van der Waals surface area contributed by atoms with Crippen LogP contribution in [0.25, 0.3) is 0 Å². The van der Waals surface area contributed by atoms with E-state index >= 15 is 0 Å². The van der Waals surface area contributed by atoms with Gasteiger partial charge in [-0.2, -0.15) is 5.10 Å². The average molecular weight is 439 g/mol. The van der Waals surface area contributed by atoms with E-state index < -0.39 is 6.23 Å². The molecule has 0 N–H and O–H groups in total. The van der Waals surface area contributed by atoms with Crippen LogP contribution in [0.15, 0.2) is 71.8 Å². The monoisotopic (exact) mass is 438 g/mol. The van der Waals surface area contributed by atoms with E-state index in [0.29, 0.717) is 16.7 Å². The van der Waals surface area contributed by atoms with Crippen LogP contribution in [0.2, 0.25) is 10.0 Å². The molecule has 3 aromatic carbocycles. The van der Waals surface area contributed by atoms with E-state index in [0.717, 1.165) is 40.3 Å². The van der Waals surface area contributed by atoms with Crippen LogP contribution >= 0.6 is 23.2 Å². The van der Waals surface area contributed by atoms with Crippen molar-refractivity contribution in [3.63, 3.8) is 0 Å². The van der Waals surface area contributed by atoms with Crippen molar-refractivity contribution in [2.75, 3.05) is 6.61 Å². The maximum atomic E-state index is 6.51. The van der Waals surface area contributed by atoms with Crippen LogP contribution in [-0.4, -0.2) is 17.3 Å². The summed E-state index contributed by atoms with van der Waals surface area (Å²) >= 11 is 12.8. The molecular formula is C24H20Cl2N2O2. The maximum Gasteiger partial charge on any atom is 0.215 e. The number of hydrogen-bond acceptors (Lipinski definition) is 4. The molecule has 2 unspecified atom stereocenters. The molecule has 0 aromatic heterocycles. The first-order chi connectivity index (χ1) is 14.6. The Morgan fingerprint density at radius 1 is 1.03 bits per heavy atom. The number of hydrogen-bond donors (Lipinski definition) is 0. The topological polar surface area (TPSA) is 34.1 Å². The molecule has 0 bridgehead atoms. The zero-order chi connectivity index (χ0) is 20.7. The second-order valence-electron chi connectivity index (χ2n) is 7.28. The summed E-state index contributed by atoms with van der Waals surface area (Å²) in [6.07, 6.45) is 0.351. The van der Waals surface area contributed by atoms with Gasteiger partial charge in [0.25, 0.3) is 0 Å². The molecule has 0 amide bonds. The van der Waals surface area contributed by atoms with Crippen LogP contribution in [0.1, 0.15) is 42.3 Å². The normalized spacial score (nSPS) is 19.6. The molecule has 0 spiro atoms. The van der Waals surface area contributed by atoms with E-state index in [2.05, 4.69) is 0 Å². The van der Waals surface area contributed by atoms with Crippen molar-refractivity contribution in [2.24, 2.45) is 5.10 Å². The molecule has 4 nitrogen and oxygen atoms in total. The van der Waals surface area contributed by atoms with Crippen molar-refractivity contribution in [1.82, 2.24) is 5.01 Å². The summed E-state index contributed by atoms with van der Waals surface area (Å²) < 4.78 is 11.9. The Bertz CT molecular complexity index is 1110. The maximum absolute atomic E-state index is 6.51. The third-order valence-corrected chi connectivity index (χ3v) is 6.00. The van der Waals surface area contributed by atoms with E-state index in [1.54, 1.807) is 0 Å². The van der Waals surface area contributed by atoms with E-state index in [9.17, 15) is 0 Å². The van der Waals surface area contributed by atoms with Crippen LogP contribution < -0.4 is 9.47 Å². The third kappa shape index (κ3) is 3.40. The van der Waals surface area contributed by atoms with Crippen LogP contribution in [0.4, 0.5) is 0 Å². The summed E-state index contributed by atoms with van der Waals surface area (Å²) in [5.74, 6) is 1.67. The summed E-state index contributed by atoms with van der Waals surface area (Å²) in [5.41, 5.74) is 3.99. The molecule has 152 valence electrons. The fourth-order valence-corrected chi connectivity index (χ4v) is 4.43. The van der Waals surface area contributed by atoms with Crippen molar-refractivity contribution >= 4 is 28.9 Å². The molecule has 0 radical (unpaired) electrons. The second-order valence-corrected chi connectivity index (χ2v) is 8.12. The lowest BCUT2D eigenvalue weighted by Gasteiger charge is -2.38. The molecular weight excluding hydrogens is 419 g/mol. The largest absolute Gasteiger partial charge is 0.494 e. The standard InChI is InChI=1S/C24H20Cl2N2O2/c1-2-29-17-10-7-15(8-11-17)21-14-22-19-13-16(25)9-12-23(19)30-24(28(22)27-21)18-5-3-4-6-20(18)26/h3-13,22,24H,2,14H2,1H3. The first kappa shape index (κ1) is 19.3. The first-order valence-electron chi connectivity index (χ1n) is 9.93. The second kappa shape index (κ2) is 7.86. The van der Waals surface area contributed by atoms with Gasteiger partial charge in [-0.05, 0) is 61.0 Å². The van der Waals surface area contributed by atoms with Gasteiger partial charge in [0.2, 0.25) is 6.23 Å². The molecule has 0 saturated heterocycles. The van der Waals surface area contributed by atoms with Crippen LogP contribution in [-0.2, 0) is 0 Å². The molecule has 30 heavy (non-hydrogen) atoms. The molecule has 2 heterocycles. The zero-order valence-electron chi connectivity index (χ0n) is 16.4. The van der Waals surface area contributed by atoms with Crippen LogP contribution in [0, 0.1) is 0 Å². The quantitative estimate of drug-likeness (QED) is 0.457. The Balaban J connectivity index is 1.56. The number of benzene rings is 3. The summed E-state index contributed by atoms with van der Waals surface area (Å²) in [6, 6.07) is 21.5. The highest BCUT2D eigenvalue weighted by Gasteiger charge is 2.41. The summed E-state index contributed by atoms with van der Waals surface area (Å²) in [7, 11) is 0. The number of ether oxygens (including phenoxy) is 2. The zero-order valence-corrected chi connectivity index (χ0v) is 17.9. The first-order valence-corrected chi connectivity index (χ1v) is 10.7. The van der Waals surface area contributed by atoms with Crippen LogP contribution in [0.3, 0.4) is 0 Å². The van der Waals surface area contributed by atoms with Crippen molar-refractivity contribution < 1.29 is 9.47 Å². The van der Waals surface area contributed by atoms with Gasteiger partial charge in [-0.3, -0.25) is 0 Å². The third-order valence-electron chi connectivity index (χ3n) is 5.42. The molecule has 2 aliphatic rings. The molecule has 0 aliphatic carbocycles. The highest BCUT2D eigenvalue weighted by Crippen LogP contribution is 2.49. The highest BCUT2D eigenvalue weighted by atomic mass is 35.5. The molecule has 0 saturated carbocycles. The van der Waals surface area contributed by atoms with E-state index in [4.69, 9.17) is 37.8 Å². The highest BCUT2D eigenvalue weighted by molar-refractivity contribution is 6.31. The van der Waals surface area contributed by atoms with Gasteiger partial charge in [-0.1, -0.05) is 41.4 Å². The fourth-order valence-electron chi connectivity index (χ4n) is 4.02. The van der Waals surface area contributed by atoms with Crippen molar-refractivity contribution in [3.8, 4) is 11.5 Å². The van der Waals surface area contributed by atoms with Gasteiger partial charge in [0.05, 0.1) is 18.4 Å². The Morgan fingerprint density at radius 3 is 2.60 bits per heavy atom. The van der Waals surface area contributed by atoms with Gasteiger partial charge in [-0.15, -0.1) is 0 Å². The van der Waals surface area contributed by atoms with Crippen LogP contribution in [0.5, 0.6) is 11.5 Å². The average Bonchev–Trinajstić information content (AvgIpc) is 3.20. The molecule has 6 heteroatoms. The molecule has 2 aliphatic heterocycles. The number of rotatable bonds is 4. The summed E-state index contributed by atoms with van der Waals surface area (Å²) in [5, 5.41) is 8.31. The van der Waals surface area contributed by atoms with Crippen molar-refractivity contribution in [3.05, 3.63) is 93.5 Å². The van der Waals surface area contributed by atoms with Gasteiger partial charge in [0.15, 0.2) is 0 Å². The minimum Gasteiger partial charge on any atom is -0.494 e. The Kier molecular flexibility index (Phi) is 5.05. The van der Waals surface area contributed by atoms with Crippen molar-refractivity contribution in [1.29, 1.82) is 0 Å². The van der Waals surface area contributed by atoms with Gasteiger partial charge in [0, 0.05) is 27.6 Å².